The van der Waals surface area contributed by atoms with Crippen LogP contribution in [0.4, 0.5) is 68.2 Å². The number of fused-ring (bicyclic) bond motifs is 5. The zero-order valence-corrected chi connectivity index (χ0v) is 91.2. The van der Waals surface area contributed by atoms with Gasteiger partial charge in [-0.15, -0.1) is 0 Å². The maximum atomic E-state index is 2.77. The van der Waals surface area contributed by atoms with E-state index < -0.39 is 5.41 Å². The average molecular weight is 1910 g/mol. The summed E-state index contributed by atoms with van der Waals surface area (Å²) in [4.78, 5) is 10.7. The Balaban J connectivity index is 0.914. The molecular weight excluding hydrogens is 1760 g/mol. The predicted molar refractivity (Wildman–Crippen MR) is 635 cm³/mol. The third-order valence-electron chi connectivity index (χ3n) is 31.9. The molecule has 146 heavy (non-hydrogen) atoms. The lowest BCUT2D eigenvalue weighted by atomic mass is 9.33. The fourth-order valence-electron chi connectivity index (χ4n) is 23.7. The molecule has 4 aliphatic rings. The van der Waals surface area contributed by atoms with Crippen LogP contribution in [-0.4, -0.2) is 6.71 Å². The molecule has 0 spiro atoms. The number of hydrogen-bond acceptors (Lipinski definition) is 4. The Hall–Kier alpha value is -14.0. The van der Waals surface area contributed by atoms with Gasteiger partial charge in [0.15, 0.2) is 0 Å². The topological polar surface area (TPSA) is 13.0 Å². The molecule has 6 bridgehead atoms. The molecule has 0 aromatic heterocycles. The van der Waals surface area contributed by atoms with Crippen LogP contribution in [0.25, 0.3) is 89.0 Å². The van der Waals surface area contributed by atoms with E-state index in [1.165, 1.54) is 139 Å². The molecule has 0 radical (unpaired) electrons. The highest BCUT2D eigenvalue weighted by atomic mass is 15.2. The Morgan fingerprint density at radius 1 is 0.240 bits per heavy atom. The van der Waals surface area contributed by atoms with Crippen molar-refractivity contribution in [2.24, 2.45) is 0 Å². The zero-order valence-electron chi connectivity index (χ0n) is 91.2. The highest BCUT2D eigenvalue weighted by molar-refractivity contribution is 7.00. The number of nitrogens with zero attached hydrogens (tertiary/aromatic N) is 4. The van der Waals surface area contributed by atoms with Crippen molar-refractivity contribution in [1.29, 1.82) is 0 Å². The molecule has 1 unspecified atom stereocenters. The van der Waals surface area contributed by atoms with Crippen molar-refractivity contribution in [2.45, 2.75) is 256 Å². The lowest BCUT2D eigenvalue weighted by molar-refractivity contribution is 0.590. The first-order valence-corrected chi connectivity index (χ1v) is 54.4. The second kappa shape index (κ2) is 40.1. The van der Waals surface area contributed by atoms with Gasteiger partial charge in [-0.1, -0.05) is 441 Å². The Morgan fingerprint density at radius 2 is 0.541 bits per heavy atom. The first kappa shape index (κ1) is 99.4. The molecule has 4 nitrogen and oxygen atoms in total. The molecule has 17 aromatic carbocycles. The smallest absolute Gasteiger partial charge is 0.252 e. The summed E-state index contributed by atoms with van der Waals surface area (Å²) in [5.41, 5.74) is 54.9. The van der Waals surface area contributed by atoms with E-state index in [9.17, 15) is 0 Å². The van der Waals surface area contributed by atoms with Crippen molar-refractivity contribution in [3.8, 4) is 89.0 Å². The number of anilines is 12. The van der Waals surface area contributed by atoms with Crippen molar-refractivity contribution in [3.63, 3.8) is 0 Å². The van der Waals surface area contributed by atoms with Crippen LogP contribution in [0.3, 0.4) is 0 Å². The normalized spacial score (nSPS) is 13.4. The van der Waals surface area contributed by atoms with Crippen LogP contribution in [0.5, 0.6) is 0 Å². The number of para-hydroxylation sites is 2. The number of rotatable bonds is 22. The molecule has 0 aliphatic carbocycles. The molecule has 0 N–H and O–H groups in total. The summed E-state index contributed by atoms with van der Waals surface area (Å²) in [6, 6.07) is 137. The molecule has 0 amide bonds. The second-order valence-corrected chi connectivity index (χ2v) is 46.5. The van der Waals surface area contributed by atoms with Crippen LogP contribution in [0.15, 0.2) is 346 Å². The van der Waals surface area contributed by atoms with Crippen molar-refractivity contribution in [2.75, 3.05) is 19.6 Å². The van der Waals surface area contributed by atoms with Gasteiger partial charge in [0.2, 0.25) is 0 Å². The Bertz CT molecular complexity index is 7470. The van der Waals surface area contributed by atoms with Crippen LogP contribution in [-0.2, 0) is 5.41 Å². The third-order valence-corrected chi connectivity index (χ3v) is 31.9. The molecule has 0 saturated heterocycles. The zero-order chi connectivity index (χ0) is 103. The van der Waals surface area contributed by atoms with Crippen molar-refractivity contribution in [1.82, 2.24) is 0 Å². The Kier molecular flexibility index (Phi) is 27.3. The van der Waals surface area contributed by atoms with E-state index >= 15 is 0 Å². The SMILES string of the molecule is CC(C)c1cc(C(C)C)c(-c2ccc(N(c3ccc(-c4c(C(C)C)cc(C(C)C)cc4C(C)C)cc3)c3ccc4c(c3)N(c3c(-c5ccccc5)cccc3-c3ccccc3)c3cc(C(C)(C)C)cc5c3B4c3ccc4cc3N5c3c(-c5ccccc5)cccc3-c3cccc(c3)C(C)c3cc(C(C)C)cc(C(C)C)c3-c3ccc(cc3)N4c3ccc(-c4c(C(C)C)cc(C(C)C)cc4C(C)C)cc3)cc2)c(C(C)C)c1. The van der Waals surface area contributed by atoms with Crippen molar-refractivity contribution in [3.05, 3.63) is 424 Å². The van der Waals surface area contributed by atoms with E-state index in [0.717, 1.165) is 113 Å². The highest BCUT2D eigenvalue weighted by Gasteiger charge is 2.47. The van der Waals surface area contributed by atoms with Crippen LogP contribution >= 0.6 is 0 Å². The summed E-state index contributed by atoms with van der Waals surface area (Å²) in [5, 5.41) is 0. The minimum absolute atomic E-state index is 0.00295. The van der Waals surface area contributed by atoms with E-state index in [1.807, 2.05) is 0 Å². The Morgan fingerprint density at radius 3 is 0.897 bits per heavy atom. The molecule has 5 heteroatoms. The minimum Gasteiger partial charge on any atom is -0.310 e. The van der Waals surface area contributed by atoms with E-state index in [-0.39, 0.29) is 18.5 Å². The van der Waals surface area contributed by atoms with Gasteiger partial charge in [-0.2, -0.15) is 0 Å². The number of benzene rings is 17. The summed E-state index contributed by atoms with van der Waals surface area (Å²) >= 11 is 0. The van der Waals surface area contributed by atoms with E-state index in [4.69, 9.17) is 0 Å². The van der Waals surface area contributed by atoms with E-state index in [0.29, 0.717) is 59.2 Å². The van der Waals surface area contributed by atoms with E-state index in [2.05, 4.69) is 545 Å². The molecule has 0 fully saturated rings. The second-order valence-electron chi connectivity index (χ2n) is 46.5. The van der Waals surface area contributed by atoms with Gasteiger partial charge in [0.1, 0.15) is 0 Å². The number of hydrogen-bond donors (Lipinski definition) is 0. The fraction of sp³-hybridized carbons (Fsp3) is 0.277. The average Bonchev–Trinajstić information content (AvgIpc) is 0.703. The van der Waals surface area contributed by atoms with Crippen molar-refractivity contribution >= 4 is 91.3 Å². The van der Waals surface area contributed by atoms with Gasteiger partial charge >= 0.3 is 0 Å². The molecular formula is C141H147BN4. The van der Waals surface area contributed by atoms with Crippen LogP contribution < -0.4 is 36.0 Å². The van der Waals surface area contributed by atoms with Gasteiger partial charge in [-0.25, -0.2) is 0 Å². The highest BCUT2D eigenvalue weighted by Crippen LogP contribution is 2.58. The summed E-state index contributed by atoms with van der Waals surface area (Å²) in [5.74, 6) is 3.59. The maximum Gasteiger partial charge on any atom is 0.252 e. The molecule has 4 aliphatic heterocycles. The summed E-state index contributed by atoms with van der Waals surface area (Å²) < 4.78 is 0. The summed E-state index contributed by atoms with van der Waals surface area (Å²) in [7, 11) is 0. The quantitative estimate of drug-likeness (QED) is 0.0627. The molecule has 17 aromatic rings. The molecule has 21 rings (SSSR count). The lowest BCUT2D eigenvalue weighted by Gasteiger charge is -2.47. The predicted octanol–water partition coefficient (Wildman–Crippen LogP) is 40.2. The van der Waals surface area contributed by atoms with Gasteiger partial charge in [-0.3, -0.25) is 0 Å². The first-order valence-electron chi connectivity index (χ1n) is 54.4. The molecule has 0 saturated carbocycles. The largest absolute Gasteiger partial charge is 0.310 e. The third kappa shape index (κ3) is 18.3. The van der Waals surface area contributed by atoms with Gasteiger partial charge in [0, 0.05) is 85.0 Å². The van der Waals surface area contributed by atoms with Gasteiger partial charge in [-0.05, 0) is 316 Å². The minimum atomic E-state index is -0.402. The lowest BCUT2D eigenvalue weighted by Crippen LogP contribution is -2.61. The maximum absolute atomic E-state index is 2.77. The first-order chi connectivity index (χ1) is 70.1. The fourth-order valence-corrected chi connectivity index (χ4v) is 23.7. The summed E-state index contributed by atoms with van der Waals surface area (Å²) in [6.45, 7) is 61.4. The van der Waals surface area contributed by atoms with Crippen molar-refractivity contribution < 1.29 is 0 Å². The van der Waals surface area contributed by atoms with Gasteiger partial charge in [0.25, 0.3) is 6.71 Å². The van der Waals surface area contributed by atoms with Crippen LogP contribution in [0.2, 0.25) is 0 Å². The van der Waals surface area contributed by atoms with Crippen LogP contribution in [0, 0.1) is 0 Å². The summed E-state index contributed by atoms with van der Waals surface area (Å²) in [6.07, 6.45) is 0. The standard InChI is InChI=1S/C141H147BN4/c1-84(2)105-72-120(88(9)10)134(121(73-105)89(11)12)99-51-59-110(60-52-99)143(111-61-53-100(54-62-111)135-122(90(13)14)74-106(85(3)4)75-123(135)91(15)16)114-67-69-128-130(82-114)145(139-116(96-39-30-27-31-40-96)47-37-48-117(139)97-41-32-28-33-42-97)132-80-109(141(24,25)26)81-133-138(132)142(128)129-70-68-115-83-131(129)146(133)140-118(98-43-34-29-35-44-98)49-38-50-119(140)104-46-36-45-103(71-104)95(23)127-79-108(87(7)8)78-126(94(21)22)137(127)102-57-65-113(66-58-102)144(115)112-63-55-101(56-64-112)136-124(92(17)18)76-107(86(5)6)77-125(136)93(19)20/h27-95H,1-26H3. The van der Waals surface area contributed by atoms with E-state index in [1.54, 1.807) is 0 Å². The van der Waals surface area contributed by atoms with Gasteiger partial charge in [0.05, 0.1) is 11.4 Å². The molecule has 4 heterocycles. The van der Waals surface area contributed by atoms with Crippen LogP contribution in [0.1, 0.15) is 329 Å². The Labute approximate surface area is 873 Å². The monoisotopic (exact) mass is 1910 g/mol. The van der Waals surface area contributed by atoms with Gasteiger partial charge < -0.3 is 19.6 Å². The molecule has 1 atom stereocenters. The molecule has 734 valence electrons.